The number of fused-ring (bicyclic) bond motifs is 1. The van der Waals surface area contributed by atoms with E-state index >= 15 is 0 Å². The molecule has 1 unspecified atom stereocenters. The van der Waals surface area contributed by atoms with Crippen molar-refractivity contribution in [1.29, 1.82) is 0 Å². The molecule has 2 heterocycles. The number of hydrogen-bond donors (Lipinski definition) is 1. The van der Waals surface area contributed by atoms with Crippen LogP contribution in [0.5, 0.6) is 0 Å². The van der Waals surface area contributed by atoms with E-state index in [4.69, 9.17) is 12.2 Å². The predicted octanol–water partition coefficient (Wildman–Crippen LogP) is 4.02. The van der Waals surface area contributed by atoms with Gasteiger partial charge in [-0.25, -0.2) is 8.78 Å². The average molecular weight is 311 g/mol. The first-order valence-electron chi connectivity index (χ1n) is 7.38. The van der Waals surface area contributed by atoms with Gasteiger partial charge in [0.05, 0.1) is 5.52 Å². The van der Waals surface area contributed by atoms with Crippen molar-refractivity contribution in [3.63, 3.8) is 0 Å². The van der Waals surface area contributed by atoms with Crippen molar-refractivity contribution >= 4 is 23.3 Å². The van der Waals surface area contributed by atoms with Crippen molar-refractivity contribution in [2.45, 2.75) is 32.2 Å². The molecule has 0 aliphatic carbocycles. The lowest BCUT2D eigenvalue weighted by Crippen LogP contribution is -2.34. The Morgan fingerprint density at radius 2 is 1.95 bits per heavy atom. The van der Waals surface area contributed by atoms with Gasteiger partial charge in [0, 0.05) is 18.7 Å². The first-order chi connectivity index (χ1) is 10.1. The van der Waals surface area contributed by atoms with E-state index in [2.05, 4.69) is 9.88 Å². The number of imidazole rings is 1. The van der Waals surface area contributed by atoms with Crippen molar-refractivity contribution < 1.29 is 8.78 Å². The summed E-state index contributed by atoms with van der Waals surface area (Å²) in [6.45, 7) is 5.06. The third-order valence-electron chi connectivity index (χ3n) is 4.16. The molecule has 0 radical (unpaired) electrons. The number of hydrogen-bond acceptors (Lipinski definition) is 2. The zero-order valence-electron chi connectivity index (χ0n) is 12.0. The highest BCUT2D eigenvalue weighted by Crippen LogP contribution is 2.24. The first-order valence-corrected chi connectivity index (χ1v) is 7.78. The van der Waals surface area contributed by atoms with E-state index in [9.17, 15) is 8.78 Å². The molecule has 1 aliphatic heterocycles. The van der Waals surface area contributed by atoms with E-state index in [1.807, 2.05) is 11.5 Å². The van der Waals surface area contributed by atoms with Gasteiger partial charge in [0.15, 0.2) is 10.6 Å². The van der Waals surface area contributed by atoms with E-state index in [-0.39, 0.29) is 11.6 Å². The van der Waals surface area contributed by atoms with Crippen molar-refractivity contribution in [3.05, 3.63) is 28.5 Å². The van der Waals surface area contributed by atoms with Crippen LogP contribution in [0, 0.1) is 16.4 Å². The summed E-state index contributed by atoms with van der Waals surface area (Å²) in [7, 11) is 0. The number of nitrogens with one attached hydrogen (secondary N) is 1. The highest BCUT2D eigenvalue weighted by molar-refractivity contribution is 7.71. The highest BCUT2D eigenvalue weighted by Gasteiger charge is 2.18. The Morgan fingerprint density at radius 1 is 1.24 bits per heavy atom. The molecule has 1 aromatic heterocycles. The molecule has 6 heteroatoms. The van der Waals surface area contributed by atoms with Gasteiger partial charge in [0.2, 0.25) is 0 Å². The van der Waals surface area contributed by atoms with Crippen LogP contribution in [-0.4, -0.2) is 34.1 Å². The minimum absolute atomic E-state index is 0.0746. The summed E-state index contributed by atoms with van der Waals surface area (Å²) in [6.07, 6.45) is 3.72. The first kappa shape index (κ1) is 14.7. The van der Waals surface area contributed by atoms with Gasteiger partial charge < -0.3 is 14.5 Å². The molecule has 0 spiro atoms. The Kier molecular flexibility index (Phi) is 4.08. The van der Waals surface area contributed by atoms with E-state index < -0.39 is 11.6 Å². The zero-order valence-corrected chi connectivity index (χ0v) is 12.8. The Morgan fingerprint density at radius 3 is 2.67 bits per heavy atom. The molecule has 3 nitrogen and oxygen atoms in total. The molecule has 1 aromatic carbocycles. The zero-order chi connectivity index (χ0) is 15.0. The van der Waals surface area contributed by atoms with E-state index in [0.717, 1.165) is 25.7 Å². The standard InChI is InChI=1S/C15H19F2N3S/c1-10(9-19-5-3-2-4-6-19)20-13-8-11(16)7-12(17)14(13)18-15(20)21/h7-8,10H,2-6,9H2,1H3,(H,18,21). The van der Waals surface area contributed by atoms with Crippen molar-refractivity contribution in [2.75, 3.05) is 19.6 Å². The molecule has 21 heavy (non-hydrogen) atoms. The molecule has 2 aromatic rings. The number of nitrogens with zero attached hydrogens (tertiary/aromatic N) is 2. The monoisotopic (exact) mass is 311 g/mol. The molecule has 1 saturated heterocycles. The molecule has 0 bridgehead atoms. The predicted molar refractivity (Wildman–Crippen MR) is 82.0 cm³/mol. The number of halogens is 2. The van der Waals surface area contributed by atoms with Gasteiger partial charge in [-0.2, -0.15) is 0 Å². The largest absolute Gasteiger partial charge is 0.328 e. The maximum atomic E-state index is 13.8. The number of likely N-dealkylation sites (tertiary alicyclic amines) is 1. The van der Waals surface area contributed by atoms with Crippen LogP contribution in [0.4, 0.5) is 8.78 Å². The fraction of sp³-hybridized carbons (Fsp3) is 0.533. The Balaban J connectivity index is 1.95. The number of H-pyrrole nitrogens is 1. The second kappa shape index (κ2) is 5.85. The summed E-state index contributed by atoms with van der Waals surface area (Å²) in [6, 6.07) is 2.30. The highest BCUT2D eigenvalue weighted by atomic mass is 32.1. The summed E-state index contributed by atoms with van der Waals surface area (Å²) < 4.78 is 29.6. The van der Waals surface area contributed by atoms with Crippen molar-refractivity contribution in [3.8, 4) is 0 Å². The van der Waals surface area contributed by atoms with Gasteiger partial charge in [-0.1, -0.05) is 6.42 Å². The maximum absolute atomic E-state index is 13.8. The number of benzene rings is 1. The van der Waals surface area contributed by atoms with Crippen LogP contribution in [0.2, 0.25) is 0 Å². The lowest BCUT2D eigenvalue weighted by molar-refractivity contribution is 0.202. The Bertz CT molecular complexity index is 701. The number of aromatic nitrogens is 2. The third-order valence-corrected chi connectivity index (χ3v) is 4.46. The van der Waals surface area contributed by atoms with Gasteiger partial charge in [0.1, 0.15) is 11.3 Å². The summed E-state index contributed by atoms with van der Waals surface area (Å²) in [5.74, 6) is -1.17. The number of piperidine rings is 1. The van der Waals surface area contributed by atoms with Crippen LogP contribution in [0.15, 0.2) is 12.1 Å². The van der Waals surface area contributed by atoms with Crippen LogP contribution >= 0.6 is 12.2 Å². The topological polar surface area (TPSA) is 24.0 Å². The van der Waals surface area contributed by atoms with E-state index in [1.54, 1.807) is 0 Å². The second-order valence-corrected chi connectivity index (χ2v) is 6.18. The molecule has 1 aliphatic rings. The number of aromatic amines is 1. The summed E-state index contributed by atoms with van der Waals surface area (Å²) >= 11 is 5.30. The van der Waals surface area contributed by atoms with Crippen LogP contribution in [0.1, 0.15) is 32.2 Å². The average Bonchev–Trinajstić information content (AvgIpc) is 2.76. The van der Waals surface area contributed by atoms with Crippen LogP contribution < -0.4 is 0 Å². The summed E-state index contributed by atoms with van der Waals surface area (Å²) in [5.41, 5.74) is 0.786. The quantitative estimate of drug-likeness (QED) is 0.866. The third kappa shape index (κ3) is 2.87. The summed E-state index contributed by atoms with van der Waals surface area (Å²) in [5, 5.41) is 0. The molecular weight excluding hydrogens is 292 g/mol. The fourth-order valence-corrected chi connectivity index (χ4v) is 3.57. The Labute approximate surface area is 127 Å². The molecule has 0 saturated carbocycles. The van der Waals surface area contributed by atoms with Crippen molar-refractivity contribution in [2.24, 2.45) is 0 Å². The smallest absolute Gasteiger partial charge is 0.178 e. The minimum Gasteiger partial charge on any atom is -0.328 e. The van der Waals surface area contributed by atoms with Gasteiger partial charge in [0.25, 0.3) is 0 Å². The second-order valence-electron chi connectivity index (χ2n) is 5.79. The van der Waals surface area contributed by atoms with E-state index in [0.29, 0.717) is 10.3 Å². The normalized spacial score (nSPS) is 18.2. The molecule has 0 amide bonds. The van der Waals surface area contributed by atoms with Crippen LogP contribution in [0.3, 0.4) is 0 Å². The summed E-state index contributed by atoms with van der Waals surface area (Å²) in [4.78, 5) is 5.25. The lowest BCUT2D eigenvalue weighted by atomic mass is 10.1. The fourth-order valence-electron chi connectivity index (χ4n) is 3.19. The maximum Gasteiger partial charge on any atom is 0.178 e. The van der Waals surface area contributed by atoms with Gasteiger partial charge in [-0.05, 0) is 51.1 Å². The molecule has 114 valence electrons. The minimum atomic E-state index is -0.597. The van der Waals surface area contributed by atoms with Gasteiger partial charge in [-0.3, -0.25) is 0 Å². The molecule has 3 rings (SSSR count). The van der Waals surface area contributed by atoms with E-state index in [1.165, 1.54) is 25.3 Å². The Hall–Kier alpha value is -1.27. The van der Waals surface area contributed by atoms with Gasteiger partial charge >= 0.3 is 0 Å². The molecule has 1 atom stereocenters. The lowest BCUT2D eigenvalue weighted by Gasteiger charge is -2.29. The van der Waals surface area contributed by atoms with Crippen molar-refractivity contribution in [1.82, 2.24) is 14.5 Å². The number of rotatable bonds is 3. The molecular formula is C15H19F2N3S. The molecule has 1 N–H and O–H groups in total. The van der Waals surface area contributed by atoms with Gasteiger partial charge in [-0.15, -0.1) is 0 Å². The molecule has 1 fully saturated rings. The van der Waals surface area contributed by atoms with Crippen LogP contribution in [0.25, 0.3) is 11.0 Å². The SMILES string of the molecule is CC(CN1CCCCC1)n1c(=S)[nH]c2c(F)cc(F)cc21. The van der Waals surface area contributed by atoms with Crippen LogP contribution in [-0.2, 0) is 0 Å².